The molecular formula is C41H62BrN3O. The Labute approximate surface area is 290 Å². The van der Waals surface area contributed by atoms with Gasteiger partial charge in [0.2, 0.25) is 0 Å². The number of allylic oxidation sites excluding steroid dienone is 8. The highest BCUT2D eigenvalue weighted by atomic mass is 79.9. The predicted molar refractivity (Wildman–Crippen MR) is 205 cm³/mol. The van der Waals surface area contributed by atoms with Crippen LogP contribution in [-0.2, 0) is 16.6 Å². The molecule has 0 aromatic heterocycles. The lowest BCUT2D eigenvalue weighted by Crippen LogP contribution is -2.36. The van der Waals surface area contributed by atoms with Crippen LogP contribution in [0.2, 0.25) is 0 Å². The number of aryl methyl sites for hydroxylation is 1. The first-order chi connectivity index (χ1) is 22.1. The fraction of sp³-hybridized carbons (Fsp3) is 0.512. The fourth-order valence-electron chi connectivity index (χ4n) is 5.83. The second kappa shape index (κ2) is 21.4. The van der Waals surface area contributed by atoms with E-state index in [1.807, 2.05) is 20.8 Å². The Morgan fingerprint density at radius 3 is 2.33 bits per heavy atom. The van der Waals surface area contributed by atoms with Crippen LogP contribution in [-0.4, -0.2) is 63.3 Å². The Hall–Kier alpha value is -2.44. The zero-order chi connectivity index (χ0) is 34.0. The molecule has 2 N–H and O–H groups in total. The van der Waals surface area contributed by atoms with Crippen molar-refractivity contribution in [2.45, 2.75) is 85.5 Å². The van der Waals surface area contributed by atoms with E-state index in [1.54, 1.807) is 0 Å². The van der Waals surface area contributed by atoms with Gasteiger partial charge in [0.15, 0.2) is 0 Å². The molecule has 4 rings (SSSR count). The zero-order valence-electron chi connectivity index (χ0n) is 30.2. The molecule has 0 spiro atoms. The third-order valence-electron chi connectivity index (χ3n) is 8.74. The van der Waals surface area contributed by atoms with Gasteiger partial charge in [0, 0.05) is 28.7 Å². The van der Waals surface area contributed by atoms with Gasteiger partial charge in [-0.3, -0.25) is 4.90 Å². The average Bonchev–Trinajstić information content (AvgIpc) is 3.05. The van der Waals surface area contributed by atoms with Crippen molar-refractivity contribution in [3.05, 3.63) is 116 Å². The van der Waals surface area contributed by atoms with Gasteiger partial charge in [-0.15, -0.1) is 0 Å². The molecular weight excluding hydrogens is 630 g/mol. The van der Waals surface area contributed by atoms with Crippen molar-refractivity contribution in [2.75, 3.05) is 53.5 Å². The van der Waals surface area contributed by atoms with Crippen LogP contribution in [0.5, 0.6) is 0 Å². The van der Waals surface area contributed by atoms with E-state index in [2.05, 4.69) is 133 Å². The Morgan fingerprint density at radius 2 is 1.72 bits per heavy atom. The number of unbranched alkanes of at least 4 members (excludes halogenated alkanes) is 2. The molecule has 1 saturated heterocycles. The predicted octanol–water partition coefficient (Wildman–Crippen LogP) is 9.75. The van der Waals surface area contributed by atoms with Crippen molar-refractivity contribution >= 4 is 15.9 Å². The monoisotopic (exact) mass is 691 g/mol. The largest absolute Gasteiger partial charge is 0.402 e. The molecule has 46 heavy (non-hydrogen) atoms. The summed E-state index contributed by atoms with van der Waals surface area (Å²) >= 11 is 3.81. The minimum Gasteiger partial charge on any atom is -0.402 e. The van der Waals surface area contributed by atoms with E-state index in [0.717, 1.165) is 62.3 Å². The van der Waals surface area contributed by atoms with Gasteiger partial charge in [-0.25, -0.2) is 0 Å². The molecule has 2 aromatic carbocycles. The normalized spacial score (nSPS) is 17.9. The summed E-state index contributed by atoms with van der Waals surface area (Å²) in [6.07, 6.45) is 13.7. The van der Waals surface area contributed by atoms with E-state index in [0.29, 0.717) is 0 Å². The SMILES string of the molecule is C/C(N)=C(/C=C1/C=C(Br)C=C(C(C)(CCN(C)C)c2cccc(C)c2)C1)Cc1ccccc1.CC.CCCCCN1CCOCC1. The van der Waals surface area contributed by atoms with Crippen LogP contribution in [0.1, 0.15) is 83.4 Å². The maximum Gasteiger partial charge on any atom is 0.0594 e. The molecule has 2 aliphatic rings. The number of ether oxygens (including phenoxy) is 1. The van der Waals surface area contributed by atoms with Crippen LogP contribution >= 0.6 is 15.9 Å². The van der Waals surface area contributed by atoms with Gasteiger partial charge in [0.1, 0.15) is 0 Å². The zero-order valence-corrected chi connectivity index (χ0v) is 31.8. The molecule has 1 aliphatic carbocycles. The smallest absolute Gasteiger partial charge is 0.0594 e. The van der Waals surface area contributed by atoms with Crippen molar-refractivity contribution < 1.29 is 4.74 Å². The lowest BCUT2D eigenvalue weighted by molar-refractivity contribution is 0.0372. The maximum atomic E-state index is 6.33. The molecule has 1 aliphatic heterocycles. The van der Waals surface area contributed by atoms with Crippen LogP contribution < -0.4 is 5.73 Å². The van der Waals surface area contributed by atoms with Gasteiger partial charge in [-0.05, 0) is 101 Å². The van der Waals surface area contributed by atoms with E-state index >= 15 is 0 Å². The van der Waals surface area contributed by atoms with Crippen LogP contribution in [0, 0.1) is 6.92 Å². The highest BCUT2D eigenvalue weighted by Crippen LogP contribution is 2.42. The van der Waals surface area contributed by atoms with E-state index < -0.39 is 0 Å². The van der Waals surface area contributed by atoms with E-state index in [1.165, 1.54) is 59.2 Å². The Balaban J connectivity index is 0.000000475. The third kappa shape index (κ3) is 13.7. The Bertz CT molecular complexity index is 1280. The molecule has 0 amide bonds. The second-order valence-electron chi connectivity index (χ2n) is 12.9. The van der Waals surface area contributed by atoms with Gasteiger partial charge in [-0.2, -0.15) is 0 Å². The number of halogens is 1. The third-order valence-corrected chi connectivity index (χ3v) is 9.20. The van der Waals surface area contributed by atoms with Gasteiger partial charge in [-0.1, -0.05) is 128 Å². The van der Waals surface area contributed by atoms with Crippen LogP contribution in [0.3, 0.4) is 0 Å². The Morgan fingerprint density at radius 1 is 1.02 bits per heavy atom. The molecule has 4 nitrogen and oxygen atoms in total. The first-order valence-electron chi connectivity index (χ1n) is 17.4. The van der Waals surface area contributed by atoms with Gasteiger partial charge in [0.25, 0.3) is 0 Å². The van der Waals surface area contributed by atoms with Crippen LogP contribution in [0.15, 0.2) is 99.7 Å². The van der Waals surface area contributed by atoms with Gasteiger partial charge >= 0.3 is 0 Å². The topological polar surface area (TPSA) is 41.7 Å². The van der Waals surface area contributed by atoms with E-state index in [9.17, 15) is 0 Å². The summed E-state index contributed by atoms with van der Waals surface area (Å²) in [5.41, 5.74) is 15.0. The summed E-state index contributed by atoms with van der Waals surface area (Å²) in [5, 5.41) is 0. The molecule has 0 saturated carbocycles. The first-order valence-corrected chi connectivity index (χ1v) is 18.2. The number of benzene rings is 2. The molecule has 1 unspecified atom stereocenters. The van der Waals surface area contributed by atoms with Crippen molar-refractivity contribution in [3.8, 4) is 0 Å². The standard InChI is InChI=1S/C30H37BrN2.C9H19NO.C2H6/c1-22-10-9-13-27(16-22)30(3,14-15-33(4)5)28-19-25(20-29(31)21-28)18-26(23(2)32)17-24-11-7-6-8-12-24;1-2-3-4-5-10-6-8-11-9-7-10;1-2/h6-13,16,18,20-21H,14-15,17,19,32H2,1-5H3;2-9H2,1H3;1-2H3/b25-18+,26-23-;;. The first kappa shape index (κ1) is 39.7. The summed E-state index contributed by atoms with van der Waals surface area (Å²) in [5.74, 6) is 0. The second-order valence-corrected chi connectivity index (χ2v) is 13.8. The molecule has 254 valence electrons. The average molecular weight is 693 g/mol. The number of hydrogen-bond acceptors (Lipinski definition) is 4. The molecule has 2 aromatic rings. The summed E-state index contributed by atoms with van der Waals surface area (Å²) < 4.78 is 6.38. The summed E-state index contributed by atoms with van der Waals surface area (Å²) in [7, 11) is 4.30. The van der Waals surface area contributed by atoms with Gasteiger partial charge in [0.05, 0.1) is 13.2 Å². The number of morpholine rings is 1. The quantitative estimate of drug-likeness (QED) is 0.225. The van der Waals surface area contributed by atoms with Crippen LogP contribution in [0.4, 0.5) is 0 Å². The van der Waals surface area contributed by atoms with Crippen molar-refractivity contribution in [1.29, 1.82) is 0 Å². The number of nitrogens with zero attached hydrogens (tertiary/aromatic N) is 2. The highest BCUT2D eigenvalue weighted by Gasteiger charge is 2.32. The minimum atomic E-state index is -0.0519. The molecule has 0 bridgehead atoms. The molecule has 0 radical (unpaired) electrons. The van der Waals surface area contributed by atoms with E-state index in [4.69, 9.17) is 10.5 Å². The number of nitrogens with two attached hydrogens (primary N) is 1. The number of hydrogen-bond donors (Lipinski definition) is 1. The summed E-state index contributed by atoms with van der Waals surface area (Å²) in [6.45, 7) is 19.3. The molecule has 1 atom stereocenters. The number of rotatable bonds is 12. The van der Waals surface area contributed by atoms with Crippen molar-refractivity contribution in [2.24, 2.45) is 5.73 Å². The van der Waals surface area contributed by atoms with Crippen molar-refractivity contribution in [3.63, 3.8) is 0 Å². The van der Waals surface area contributed by atoms with Crippen molar-refractivity contribution in [1.82, 2.24) is 9.80 Å². The lowest BCUT2D eigenvalue weighted by atomic mass is 9.69. The molecule has 1 heterocycles. The molecule has 5 heteroatoms. The maximum absolute atomic E-state index is 6.33. The minimum absolute atomic E-state index is 0.0519. The van der Waals surface area contributed by atoms with Gasteiger partial charge < -0.3 is 15.4 Å². The summed E-state index contributed by atoms with van der Waals surface area (Å²) in [6, 6.07) is 19.5. The van der Waals surface area contributed by atoms with E-state index in [-0.39, 0.29) is 5.41 Å². The Kier molecular flexibility index (Phi) is 18.5. The molecule has 1 fully saturated rings. The summed E-state index contributed by atoms with van der Waals surface area (Å²) in [4.78, 5) is 4.77. The van der Waals surface area contributed by atoms with Crippen LogP contribution in [0.25, 0.3) is 0 Å². The lowest BCUT2D eigenvalue weighted by Gasteiger charge is -2.36. The fourth-order valence-corrected chi connectivity index (χ4v) is 6.40. The highest BCUT2D eigenvalue weighted by molar-refractivity contribution is 9.11.